The van der Waals surface area contributed by atoms with E-state index < -0.39 is 0 Å². The Balaban J connectivity index is 1.43. The van der Waals surface area contributed by atoms with E-state index in [1.54, 1.807) is 0 Å². The molecule has 244 valence electrons. The summed E-state index contributed by atoms with van der Waals surface area (Å²) in [5.74, 6) is 0. The molecule has 0 saturated heterocycles. The summed E-state index contributed by atoms with van der Waals surface area (Å²) in [5.41, 5.74) is 24.5. The molecule has 1 nitrogen and oxygen atoms in total. The summed E-state index contributed by atoms with van der Waals surface area (Å²) in [7, 11) is 0. The molecule has 0 atom stereocenters. The molecule has 0 N–H and O–H groups in total. The SMILES string of the molecule is Cc1cc(C)cc(-c2ccc3c(c2)C(C)(C)c2cc(-c4cc(C)cc(C)c4)cc4c2N3c2ccc(-c3cc(C)cc(C)c3)cc2C4(C)C)c1. The topological polar surface area (TPSA) is 3.24 Å². The maximum Gasteiger partial charge on any atom is 0.0544 e. The first-order chi connectivity index (χ1) is 23.2. The number of rotatable bonds is 3. The second kappa shape index (κ2) is 10.8. The second-order valence-corrected chi connectivity index (χ2v) is 16.1. The van der Waals surface area contributed by atoms with E-state index in [1.165, 1.54) is 106 Å². The number of anilines is 3. The van der Waals surface area contributed by atoms with E-state index in [4.69, 9.17) is 0 Å². The summed E-state index contributed by atoms with van der Waals surface area (Å²) < 4.78 is 0. The highest BCUT2D eigenvalue weighted by Crippen LogP contribution is 2.61. The normalized spacial score (nSPS) is 15.0. The van der Waals surface area contributed by atoms with Gasteiger partial charge < -0.3 is 4.90 Å². The highest BCUT2D eigenvalue weighted by molar-refractivity contribution is 5.95. The first-order valence-corrected chi connectivity index (χ1v) is 17.7. The maximum atomic E-state index is 2.59. The molecule has 2 heterocycles. The van der Waals surface area contributed by atoms with Crippen molar-refractivity contribution in [3.63, 3.8) is 0 Å². The average Bonchev–Trinajstić information content (AvgIpc) is 3.02. The van der Waals surface area contributed by atoms with Gasteiger partial charge >= 0.3 is 0 Å². The predicted molar refractivity (Wildman–Crippen MR) is 210 cm³/mol. The fourth-order valence-corrected chi connectivity index (χ4v) is 8.90. The van der Waals surface area contributed by atoms with Crippen molar-refractivity contribution in [1.82, 2.24) is 0 Å². The highest BCUT2D eigenvalue weighted by Gasteiger charge is 2.46. The Morgan fingerprint density at radius 1 is 0.327 bits per heavy atom. The molecule has 2 aliphatic heterocycles. The Hall–Kier alpha value is -4.88. The predicted octanol–water partition coefficient (Wildman–Crippen LogP) is 13.3. The molecule has 0 aliphatic carbocycles. The van der Waals surface area contributed by atoms with Crippen molar-refractivity contribution in [1.29, 1.82) is 0 Å². The van der Waals surface area contributed by atoms with E-state index in [0.29, 0.717) is 0 Å². The summed E-state index contributed by atoms with van der Waals surface area (Å²) in [6, 6.07) is 40.2. The lowest BCUT2D eigenvalue weighted by Crippen LogP contribution is -2.38. The Kier molecular flexibility index (Phi) is 6.93. The molecular weight excluding hydrogens is 591 g/mol. The fourth-order valence-electron chi connectivity index (χ4n) is 8.90. The molecule has 49 heavy (non-hydrogen) atoms. The molecule has 0 amide bonds. The van der Waals surface area contributed by atoms with E-state index in [9.17, 15) is 0 Å². The average molecular weight is 638 g/mol. The molecule has 0 spiro atoms. The van der Waals surface area contributed by atoms with Crippen molar-refractivity contribution in [3.05, 3.63) is 159 Å². The number of fused-ring (bicyclic) bond motifs is 4. The Bertz CT molecular complexity index is 2150. The van der Waals surface area contributed by atoms with Gasteiger partial charge in [-0.3, -0.25) is 0 Å². The number of benzene rings is 6. The molecule has 0 saturated carbocycles. The van der Waals surface area contributed by atoms with Gasteiger partial charge in [0.25, 0.3) is 0 Å². The van der Waals surface area contributed by atoms with Crippen molar-refractivity contribution in [2.24, 2.45) is 0 Å². The van der Waals surface area contributed by atoms with E-state index in [1.807, 2.05) is 0 Å². The van der Waals surface area contributed by atoms with Gasteiger partial charge in [-0.25, -0.2) is 0 Å². The minimum absolute atomic E-state index is 0.216. The van der Waals surface area contributed by atoms with Crippen molar-refractivity contribution in [2.75, 3.05) is 4.90 Å². The lowest BCUT2D eigenvalue weighted by molar-refractivity contribution is 0.598. The van der Waals surface area contributed by atoms with Gasteiger partial charge in [0.05, 0.1) is 17.1 Å². The van der Waals surface area contributed by atoms with Crippen LogP contribution in [0.5, 0.6) is 0 Å². The summed E-state index contributed by atoms with van der Waals surface area (Å²) in [6.07, 6.45) is 0. The minimum atomic E-state index is -0.216. The van der Waals surface area contributed by atoms with E-state index in [0.717, 1.165) is 0 Å². The third-order valence-electron chi connectivity index (χ3n) is 11.2. The standard InChI is InChI=1S/C48H47N/c1-28-15-29(2)19-36(18-28)34-11-13-44-40(24-34)47(7,8)42-26-39(38-22-32(5)17-33(6)23-38)27-43-46(42)49(44)45-14-12-35(25-41(45)48(43,9)10)37-20-30(3)16-31(4)21-37/h11-27H,1-10H3. The van der Waals surface area contributed by atoms with Crippen LogP contribution in [0.15, 0.2) is 103 Å². The van der Waals surface area contributed by atoms with E-state index >= 15 is 0 Å². The molecule has 6 aromatic carbocycles. The molecule has 0 fully saturated rings. The lowest BCUT2D eigenvalue weighted by Gasteiger charge is -2.50. The third kappa shape index (κ3) is 4.97. The van der Waals surface area contributed by atoms with Gasteiger partial charge in [-0.15, -0.1) is 0 Å². The van der Waals surface area contributed by atoms with Gasteiger partial charge in [0.15, 0.2) is 0 Å². The molecule has 0 bridgehead atoms. The van der Waals surface area contributed by atoms with Gasteiger partial charge in [-0.2, -0.15) is 0 Å². The zero-order valence-electron chi connectivity index (χ0n) is 30.8. The summed E-state index contributed by atoms with van der Waals surface area (Å²) in [4.78, 5) is 2.59. The Morgan fingerprint density at radius 3 is 0.959 bits per heavy atom. The molecule has 1 heteroatoms. The lowest BCUT2D eigenvalue weighted by atomic mass is 9.65. The van der Waals surface area contributed by atoms with E-state index in [-0.39, 0.29) is 10.8 Å². The van der Waals surface area contributed by atoms with E-state index in [2.05, 4.69) is 177 Å². The van der Waals surface area contributed by atoms with Crippen LogP contribution in [0.3, 0.4) is 0 Å². The van der Waals surface area contributed by atoms with Crippen LogP contribution in [0, 0.1) is 41.5 Å². The number of nitrogens with zero attached hydrogens (tertiary/aromatic N) is 1. The van der Waals surface area contributed by atoms with Crippen LogP contribution in [-0.2, 0) is 10.8 Å². The monoisotopic (exact) mass is 637 g/mol. The first kappa shape index (κ1) is 31.4. The zero-order chi connectivity index (χ0) is 34.6. The van der Waals surface area contributed by atoms with Gasteiger partial charge in [-0.1, -0.05) is 128 Å². The fraction of sp³-hybridized carbons (Fsp3) is 0.250. The molecule has 0 unspecified atom stereocenters. The molecule has 0 aromatic heterocycles. The van der Waals surface area contributed by atoms with Crippen molar-refractivity contribution in [3.8, 4) is 33.4 Å². The minimum Gasteiger partial charge on any atom is -0.309 e. The highest BCUT2D eigenvalue weighted by atomic mass is 15.2. The molecular formula is C48H47N. The van der Waals surface area contributed by atoms with Gasteiger partial charge in [0.1, 0.15) is 0 Å². The molecule has 2 aliphatic rings. The Morgan fingerprint density at radius 2 is 0.612 bits per heavy atom. The molecule has 0 radical (unpaired) electrons. The molecule has 6 aromatic rings. The number of hydrogen-bond donors (Lipinski definition) is 0. The quantitative estimate of drug-likeness (QED) is 0.187. The number of hydrogen-bond acceptors (Lipinski definition) is 1. The van der Waals surface area contributed by atoms with Crippen LogP contribution in [0.1, 0.15) is 83.3 Å². The van der Waals surface area contributed by atoms with Crippen LogP contribution in [0.2, 0.25) is 0 Å². The van der Waals surface area contributed by atoms with Crippen molar-refractivity contribution in [2.45, 2.75) is 80.1 Å². The maximum absolute atomic E-state index is 2.59. The Labute approximate surface area is 293 Å². The largest absolute Gasteiger partial charge is 0.309 e. The van der Waals surface area contributed by atoms with Crippen LogP contribution in [0.25, 0.3) is 33.4 Å². The van der Waals surface area contributed by atoms with Gasteiger partial charge in [-0.05, 0) is 134 Å². The van der Waals surface area contributed by atoms with Crippen molar-refractivity contribution < 1.29 is 0 Å². The smallest absolute Gasteiger partial charge is 0.0544 e. The summed E-state index contributed by atoms with van der Waals surface area (Å²) >= 11 is 0. The zero-order valence-corrected chi connectivity index (χ0v) is 30.8. The third-order valence-corrected chi connectivity index (χ3v) is 11.2. The second-order valence-electron chi connectivity index (χ2n) is 16.1. The summed E-state index contributed by atoms with van der Waals surface area (Å²) in [5, 5.41) is 0. The van der Waals surface area contributed by atoms with Crippen LogP contribution >= 0.6 is 0 Å². The molecule has 8 rings (SSSR count). The summed E-state index contributed by atoms with van der Waals surface area (Å²) in [6.45, 7) is 22.9. The first-order valence-electron chi connectivity index (χ1n) is 17.7. The number of aryl methyl sites for hydroxylation is 6. The van der Waals surface area contributed by atoms with Crippen LogP contribution < -0.4 is 4.90 Å². The van der Waals surface area contributed by atoms with Crippen molar-refractivity contribution >= 4 is 17.1 Å². The van der Waals surface area contributed by atoms with Gasteiger partial charge in [0, 0.05) is 10.8 Å². The van der Waals surface area contributed by atoms with Crippen LogP contribution in [0.4, 0.5) is 17.1 Å². The van der Waals surface area contributed by atoms with Crippen LogP contribution in [-0.4, -0.2) is 0 Å². The van der Waals surface area contributed by atoms with Gasteiger partial charge in [0.2, 0.25) is 0 Å².